The molecule has 0 radical (unpaired) electrons. The van der Waals surface area contributed by atoms with Crippen molar-refractivity contribution < 1.29 is 23.7 Å². The number of phenols is 1. The molecule has 2 N–H and O–H groups in total. The van der Waals surface area contributed by atoms with E-state index in [4.69, 9.17) is 18.6 Å². The van der Waals surface area contributed by atoms with Gasteiger partial charge in [0.2, 0.25) is 0 Å². The van der Waals surface area contributed by atoms with Crippen LogP contribution in [0.5, 0.6) is 23.0 Å². The molecule has 0 aliphatic heterocycles. The highest BCUT2D eigenvalue weighted by Gasteiger charge is 2.15. The molecule has 0 aliphatic rings. The van der Waals surface area contributed by atoms with Gasteiger partial charge in [-0.2, -0.15) is 0 Å². The Morgan fingerprint density at radius 2 is 1.59 bits per heavy atom. The zero-order valence-electron chi connectivity index (χ0n) is 19.1. The van der Waals surface area contributed by atoms with Gasteiger partial charge in [-0.05, 0) is 53.1 Å². The van der Waals surface area contributed by atoms with E-state index in [1.807, 2.05) is 42.5 Å². The number of benzene rings is 3. The summed E-state index contributed by atoms with van der Waals surface area (Å²) < 4.78 is 21.4. The minimum atomic E-state index is -0.486. The smallest absolute Gasteiger partial charge is 0.336 e. The number of methoxy groups -OCH3 is 3. The molecule has 7 nitrogen and oxygen atoms in total. The van der Waals surface area contributed by atoms with Crippen LogP contribution in [0.15, 0.2) is 69.9 Å². The molecule has 0 aliphatic carbocycles. The average molecular weight is 484 g/mol. The van der Waals surface area contributed by atoms with Crippen molar-refractivity contribution >= 4 is 23.4 Å². The zero-order chi connectivity index (χ0) is 23.4. The maximum Gasteiger partial charge on any atom is 0.336 e. The van der Waals surface area contributed by atoms with E-state index in [0.29, 0.717) is 35.7 Å². The summed E-state index contributed by atoms with van der Waals surface area (Å²) >= 11 is 0. The number of hydrogen-bond acceptors (Lipinski definition) is 7. The van der Waals surface area contributed by atoms with Gasteiger partial charge in [0.15, 0.2) is 11.5 Å². The molecule has 1 aromatic heterocycles. The highest BCUT2D eigenvalue weighted by molar-refractivity contribution is 5.95. The van der Waals surface area contributed by atoms with Gasteiger partial charge in [-0.25, -0.2) is 4.79 Å². The molecule has 4 rings (SSSR count). The van der Waals surface area contributed by atoms with Crippen molar-refractivity contribution in [1.82, 2.24) is 5.32 Å². The van der Waals surface area contributed by atoms with Crippen molar-refractivity contribution in [2.45, 2.75) is 13.1 Å². The highest BCUT2D eigenvalue weighted by atomic mass is 35.5. The number of fused-ring (bicyclic) bond motifs is 1. The van der Waals surface area contributed by atoms with Crippen molar-refractivity contribution in [2.75, 3.05) is 21.3 Å². The monoisotopic (exact) mass is 483 g/mol. The van der Waals surface area contributed by atoms with Gasteiger partial charge >= 0.3 is 5.63 Å². The van der Waals surface area contributed by atoms with Crippen molar-refractivity contribution in [2.24, 2.45) is 0 Å². The number of rotatable bonds is 8. The van der Waals surface area contributed by atoms with Crippen molar-refractivity contribution in [3.8, 4) is 34.1 Å². The normalized spacial score (nSPS) is 10.6. The van der Waals surface area contributed by atoms with Crippen molar-refractivity contribution in [3.63, 3.8) is 0 Å². The molecule has 0 unspecified atom stereocenters. The highest BCUT2D eigenvalue weighted by Crippen LogP contribution is 2.34. The van der Waals surface area contributed by atoms with E-state index < -0.39 is 5.63 Å². The lowest BCUT2D eigenvalue weighted by Crippen LogP contribution is -2.14. The fraction of sp³-hybridized carbons (Fsp3) is 0.192. The standard InChI is InChI=1S/C26H25NO6.ClH/c1-30-18-7-5-17(6-8-18)20-13-25(29)33-26-19(20)9-10-22(28)21(26)15-27-14-16-4-11-23(31-2)24(12-16)32-3;/h4-13,27-28H,14-15H2,1-3H3;1H. The van der Waals surface area contributed by atoms with Gasteiger partial charge in [0.1, 0.15) is 17.1 Å². The Morgan fingerprint density at radius 1 is 0.853 bits per heavy atom. The number of phenolic OH excluding ortho intramolecular Hbond substituents is 1. The Labute approximate surface area is 203 Å². The van der Waals surface area contributed by atoms with Crippen molar-refractivity contribution in [1.29, 1.82) is 0 Å². The molecule has 4 aromatic rings. The van der Waals surface area contributed by atoms with E-state index in [2.05, 4.69) is 5.32 Å². The van der Waals surface area contributed by atoms with E-state index in [9.17, 15) is 9.90 Å². The zero-order valence-corrected chi connectivity index (χ0v) is 19.9. The molecular weight excluding hydrogens is 458 g/mol. The second-order valence-electron chi connectivity index (χ2n) is 7.44. The third-order valence-corrected chi connectivity index (χ3v) is 5.47. The molecule has 3 aromatic carbocycles. The Kier molecular flexibility index (Phi) is 8.04. The predicted octanol–water partition coefficient (Wildman–Crippen LogP) is 4.90. The molecule has 0 spiro atoms. The molecule has 0 fully saturated rings. The van der Waals surface area contributed by atoms with Crippen LogP contribution >= 0.6 is 12.4 Å². The largest absolute Gasteiger partial charge is 0.507 e. The molecule has 178 valence electrons. The van der Waals surface area contributed by atoms with Crippen LogP contribution in [-0.2, 0) is 13.1 Å². The van der Waals surface area contributed by atoms with E-state index >= 15 is 0 Å². The van der Waals surface area contributed by atoms with Crippen LogP contribution in [0.25, 0.3) is 22.1 Å². The van der Waals surface area contributed by atoms with Crippen LogP contribution in [0.4, 0.5) is 0 Å². The molecule has 0 amide bonds. The van der Waals surface area contributed by atoms with Crippen molar-refractivity contribution in [3.05, 3.63) is 82.2 Å². The average Bonchev–Trinajstić information content (AvgIpc) is 2.84. The van der Waals surface area contributed by atoms with Crippen LogP contribution in [0.2, 0.25) is 0 Å². The Balaban J connectivity index is 0.00000324. The SMILES string of the molecule is COc1ccc(-c2cc(=O)oc3c(CNCc4ccc(OC)c(OC)c4)c(O)ccc23)cc1.Cl. The summed E-state index contributed by atoms with van der Waals surface area (Å²) in [5.41, 5.74) is 2.94. The second kappa shape index (κ2) is 11.0. The quantitative estimate of drug-likeness (QED) is 0.344. The van der Waals surface area contributed by atoms with Gasteiger partial charge in [0, 0.05) is 24.5 Å². The number of aromatic hydroxyl groups is 1. The van der Waals surface area contributed by atoms with Crippen LogP contribution < -0.4 is 25.2 Å². The second-order valence-corrected chi connectivity index (χ2v) is 7.44. The van der Waals surface area contributed by atoms with Crippen LogP contribution in [-0.4, -0.2) is 26.4 Å². The van der Waals surface area contributed by atoms with Gasteiger partial charge < -0.3 is 29.1 Å². The summed E-state index contributed by atoms with van der Waals surface area (Å²) in [5, 5.41) is 14.6. The summed E-state index contributed by atoms with van der Waals surface area (Å²) in [5.74, 6) is 2.07. The fourth-order valence-electron chi connectivity index (χ4n) is 3.77. The van der Waals surface area contributed by atoms with Gasteiger partial charge in [-0.15, -0.1) is 12.4 Å². The molecule has 1 heterocycles. The lowest BCUT2D eigenvalue weighted by molar-refractivity contribution is 0.354. The van der Waals surface area contributed by atoms with Crippen LogP contribution in [0, 0.1) is 0 Å². The first-order chi connectivity index (χ1) is 16.0. The molecule has 0 saturated heterocycles. The van der Waals surface area contributed by atoms with E-state index in [1.165, 1.54) is 6.07 Å². The topological polar surface area (TPSA) is 90.2 Å². The third-order valence-electron chi connectivity index (χ3n) is 5.47. The van der Waals surface area contributed by atoms with Gasteiger partial charge in [0.05, 0.1) is 26.9 Å². The minimum absolute atomic E-state index is 0. The number of hydrogen-bond donors (Lipinski definition) is 2. The van der Waals surface area contributed by atoms with Gasteiger partial charge in [-0.3, -0.25) is 0 Å². The first-order valence-electron chi connectivity index (χ1n) is 10.4. The summed E-state index contributed by atoms with van der Waals surface area (Å²) in [6.45, 7) is 0.811. The van der Waals surface area contributed by atoms with Gasteiger partial charge in [0.25, 0.3) is 0 Å². The molecule has 0 atom stereocenters. The van der Waals surface area contributed by atoms with E-state index in [0.717, 1.165) is 27.8 Å². The maximum absolute atomic E-state index is 12.4. The molecule has 8 heteroatoms. The summed E-state index contributed by atoms with van der Waals surface area (Å²) in [4.78, 5) is 12.4. The molecular formula is C26H26ClNO6. The Hall–Kier alpha value is -3.68. The minimum Gasteiger partial charge on any atom is -0.507 e. The van der Waals surface area contributed by atoms with Crippen LogP contribution in [0.1, 0.15) is 11.1 Å². The third kappa shape index (κ3) is 5.11. The Bertz CT molecular complexity index is 1330. The number of halogens is 1. The lowest BCUT2D eigenvalue weighted by atomic mass is 9.99. The fourth-order valence-corrected chi connectivity index (χ4v) is 3.77. The number of ether oxygens (including phenoxy) is 3. The molecule has 0 saturated carbocycles. The van der Waals surface area contributed by atoms with E-state index in [-0.39, 0.29) is 18.2 Å². The lowest BCUT2D eigenvalue weighted by Gasteiger charge is -2.13. The Morgan fingerprint density at radius 3 is 2.26 bits per heavy atom. The van der Waals surface area contributed by atoms with Crippen LogP contribution in [0.3, 0.4) is 0 Å². The number of nitrogens with one attached hydrogen (secondary N) is 1. The molecule has 34 heavy (non-hydrogen) atoms. The van der Waals surface area contributed by atoms with Gasteiger partial charge in [-0.1, -0.05) is 18.2 Å². The summed E-state index contributed by atoms with van der Waals surface area (Å²) in [7, 11) is 4.78. The first kappa shape index (κ1) is 25.0. The van der Waals surface area contributed by atoms with E-state index in [1.54, 1.807) is 33.5 Å². The summed E-state index contributed by atoms with van der Waals surface area (Å²) in [6.07, 6.45) is 0. The summed E-state index contributed by atoms with van der Waals surface area (Å²) in [6, 6.07) is 17.9. The molecule has 0 bridgehead atoms. The first-order valence-corrected chi connectivity index (χ1v) is 10.4. The predicted molar refractivity (Wildman–Crippen MR) is 133 cm³/mol. The maximum atomic E-state index is 12.4.